The summed E-state index contributed by atoms with van der Waals surface area (Å²) in [5.41, 5.74) is 1.62. The third-order valence-corrected chi connectivity index (χ3v) is 8.23. The fraction of sp³-hybridized carbons (Fsp3) is 0.355. The minimum absolute atomic E-state index is 0.0249. The first-order chi connectivity index (χ1) is 21.6. The van der Waals surface area contributed by atoms with Gasteiger partial charge in [0.25, 0.3) is 5.91 Å². The Hall–Kier alpha value is -4.85. The molecule has 0 spiro atoms. The fourth-order valence-electron chi connectivity index (χ4n) is 5.85. The van der Waals surface area contributed by atoms with Crippen molar-refractivity contribution in [1.82, 2.24) is 30.0 Å². The SMILES string of the molecule is COc1cc2nn(C3CCN(Cc4cccnc4C4CCC(=O)NC4=O)CC3)cc2cc1NC(=O)c1ccc(C(F)(F)F)nc1. The van der Waals surface area contributed by atoms with Crippen molar-refractivity contribution in [3.8, 4) is 5.75 Å². The van der Waals surface area contributed by atoms with Gasteiger partial charge in [-0.15, -0.1) is 0 Å². The third kappa shape index (κ3) is 6.50. The van der Waals surface area contributed by atoms with Crippen molar-refractivity contribution in [2.24, 2.45) is 0 Å². The minimum atomic E-state index is -4.60. The number of methoxy groups -OCH3 is 1. The number of nitrogens with zero attached hydrogens (tertiary/aromatic N) is 5. The van der Waals surface area contributed by atoms with Crippen LogP contribution in [0.3, 0.4) is 0 Å². The first-order valence-corrected chi connectivity index (χ1v) is 14.5. The van der Waals surface area contributed by atoms with Gasteiger partial charge in [0.05, 0.1) is 41.5 Å². The van der Waals surface area contributed by atoms with Crippen molar-refractivity contribution in [1.29, 1.82) is 0 Å². The molecule has 14 heteroatoms. The van der Waals surface area contributed by atoms with Gasteiger partial charge in [-0.3, -0.25) is 39.3 Å². The third-order valence-electron chi connectivity index (χ3n) is 8.23. The predicted molar refractivity (Wildman–Crippen MR) is 156 cm³/mol. The number of hydrogen-bond acceptors (Lipinski definition) is 8. The zero-order valence-electron chi connectivity index (χ0n) is 24.3. The van der Waals surface area contributed by atoms with Crippen molar-refractivity contribution < 1.29 is 32.3 Å². The minimum Gasteiger partial charge on any atom is -0.494 e. The van der Waals surface area contributed by atoms with E-state index in [9.17, 15) is 27.6 Å². The molecule has 6 rings (SSSR count). The summed E-state index contributed by atoms with van der Waals surface area (Å²) in [6.07, 6.45) is 2.30. The number of hydrogen-bond donors (Lipinski definition) is 2. The molecule has 0 aliphatic carbocycles. The van der Waals surface area contributed by atoms with Crippen molar-refractivity contribution in [3.63, 3.8) is 0 Å². The average molecular weight is 622 g/mol. The van der Waals surface area contributed by atoms with Crippen LogP contribution in [0, 0.1) is 0 Å². The first kappa shape index (κ1) is 30.2. The molecule has 2 aliphatic heterocycles. The lowest BCUT2D eigenvalue weighted by Gasteiger charge is -2.33. The molecule has 2 aliphatic rings. The van der Waals surface area contributed by atoms with E-state index in [1.807, 2.05) is 23.0 Å². The van der Waals surface area contributed by atoms with Crippen molar-refractivity contribution in [2.75, 3.05) is 25.5 Å². The summed E-state index contributed by atoms with van der Waals surface area (Å²) < 4.78 is 45.9. The maximum Gasteiger partial charge on any atom is 0.433 e. The number of halogens is 3. The molecular formula is C31H30F3N7O4. The van der Waals surface area contributed by atoms with Crippen LogP contribution < -0.4 is 15.4 Å². The zero-order valence-corrected chi connectivity index (χ0v) is 24.3. The largest absolute Gasteiger partial charge is 0.494 e. The number of benzene rings is 1. The Morgan fingerprint density at radius 1 is 1.11 bits per heavy atom. The maximum atomic E-state index is 12.8. The molecule has 2 saturated heterocycles. The van der Waals surface area contributed by atoms with E-state index in [-0.39, 0.29) is 23.4 Å². The second-order valence-electron chi connectivity index (χ2n) is 11.2. The molecule has 2 fully saturated rings. The number of carbonyl (C=O) groups is 3. The van der Waals surface area contributed by atoms with Gasteiger partial charge in [0.1, 0.15) is 11.4 Å². The zero-order chi connectivity index (χ0) is 31.7. The lowest BCUT2D eigenvalue weighted by atomic mass is 9.91. The Balaban J connectivity index is 1.12. The number of ether oxygens (including phenoxy) is 1. The number of anilines is 1. The summed E-state index contributed by atoms with van der Waals surface area (Å²) >= 11 is 0. The van der Waals surface area contributed by atoms with Crippen molar-refractivity contribution >= 4 is 34.3 Å². The molecule has 3 amide bonds. The van der Waals surface area contributed by atoms with Crippen LogP contribution in [0.5, 0.6) is 5.75 Å². The number of imide groups is 1. The molecule has 1 atom stereocenters. The van der Waals surface area contributed by atoms with E-state index in [4.69, 9.17) is 9.84 Å². The number of rotatable bonds is 7. The highest BCUT2D eigenvalue weighted by Gasteiger charge is 2.33. The highest BCUT2D eigenvalue weighted by molar-refractivity contribution is 6.06. The highest BCUT2D eigenvalue weighted by Crippen LogP contribution is 2.33. The molecule has 0 bridgehead atoms. The number of carbonyl (C=O) groups excluding carboxylic acids is 3. The monoisotopic (exact) mass is 621 g/mol. The summed E-state index contributed by atoms with van der Waals surface area (Å²) in [7, 11) is 1.46. The van der Waals surface area contributed by atoms with Crippen molar-refractivity contribution in [2.45, 2.75) is 50.4 Å². The van der Waals surface area contributed by atoms with Gasteiger partial charge in [-0.1, -0.05) is 6.07 Å². The fourth-order valence-corrected chi connectivity index (χ4v) is 5.85. The number of pyridine rings is 2. The molecule has 5 heterocycles. The Morgan fingerprint density at radius 3 is 2.60 bits per heavy atom. The number of alkyl halides is 3. The van der Waals surface area contributed by atoms with Gasteiger partial charge in [-0.2, -0.15) is 18.3 Å². The molecule has 11 nitrogen and oxygen atoms in total. The van der Waals surface area contributed by atoms with E-state index < -0.39 is 23.7 Å². The van der Waals surface area contributed by atoms with Gasteiger partial charge in [0.15, 0.2) is 0 Å². The van der Waals surface area contributed by atoms with E-state index in [1.165, 1.54) is 7.11 Å². The summed E-state index contributed by atoms with van der Waals surface area (Å²) in [4.78, 5) is 47.1. The van der Waals surface area contributed by atoms with Gasteiger partial charge in [0.2, 0.25) is 11.8 Å². The quantitative estimate of drug-likeness (QED) is 0.289. The average Bonchev–Trinajstić information content (AvgIpc) is 3.44. The topological polar surface area (TPSA) is 131 Å². The summed E-state index contributed by atoms with van der Waals surface area (Å²) in [5, 5.41) is 10.7. The maximum absolute atomic E-state index is 12.8. The Morgan fingerprint density at radius 2 is 1.91 bits per heavy atom. The molecule has 0 saturated carbocycles. The summed E-state index contributed by atoms with van der Waals surface area (Å²) in [6, 6.07) is 9.25. The Labute approximate surface area is 255 Å². The molecular weight excluding hydrogens is 591 g/mol. The van der Waals surface area contributed by atoms with Crippen LogP contribution in [0.25, 0.3) is 10.9 Å². The molecule has 3 aromatic heterocycles. The van der Waals surface area contributed by atoms with Gasteiger partial charge < -0.3 is 10.1 Å². The van der Waals surface area contributed by atoms with Crippen LogP contribution in [-0.4, -0.2) is 62.6 Å². The number of fused-ring (bicyclic) bond motifs is 1. The summed E-state index contributed by atoms with van der Waals surface area (Å²) in [6.45, 7) is 2.25. The number of amides is 3. The van der Waals surface area contributed by atoms with E-state index in [1.54, 1.807) is 18.3 Å². The normalized spacial score (nSPS) is 18.2. The van der Waals surface area contributed by atoms with Crippen LogP contribution in [0.2, 0.25) is 0 Å². The lowest BCUT2D eigenvalue weighted by Crippen LogP contribution is -2.40. The molecule has 45 heavy (non-hydrogen) atoms. The van der Waals surface area contributed by atoms with E-state index >= 15 is 0 Å². The van der Waals surface area contributed by atoms with Gasteiger partial charge >= 0.3 is 6.18 Å². The Bertz CT molecular complexity index is 1750. The number of piperidine rings is 2. The molecule has 1 aromatic carbocycles. The number of likely N-dealkylation sites (tertiary alicyclic amines) is 1. The molecule has 4 aromatic rings. The van der Waals surface area contributed by atoms with Gasteiger partial charge in [0, 0.05) is 56.1 Å². The highest BCUT2D eigenvalue weighted by atomic mass is 19.4. The van der Waals surface area contributed by atoms with Crippen LogP contribution in [0.4, 0.5) is 18.9 Å². The van der Waals surface area contributed by atoms with E-state index in [0.29, 0.717) is 36.3 Å². The second kappa shape index (κ2) is 12.3. The first-order valence-electron chi connectivity index (χ1n) is 14.5. The molecule has 2 N–H and O–H groups in total. The van der Waals surface area contributed by atoms with E-state index in [2.05, 4.69) is 25.5 Å². The number of nitrogens with one attached hydrogen (secondary N) is 2. The van der Waals surface area contributed by atoms with Crippen LogP contribution in [0.15, 0.2) is 55.0 Å². The van der Waals surface area contributed by atoms with Crippen LogP contribution in [0.1, 0.15) is 65.0 Å². The van der Waals surface area contributed by atoms with Crippen molar-refractivity contribution in [3.05, 3.63) is 77.5 Å². The second-order valence-corrected chi connectivity index (χ2v) is 11.2. The smallest absolute Gasteiger partial charge is 0.433 e. The standard InChI is InChI=1S/C31H30F3N7O4/c1-45-25-14-23-20(13-24(25)37-29(43)18-4-6-26(36-15-18)31(32,33)34)17-41(39-23)21-8-11-40(12-9-21)16-19-3-2-10-35-28(19)22-5-7-27(42)38-30(22)44/h2-4,6,10,13-15,17,21-22H,5,7-9,11-12,16H2,1H3,(H,37,43)(H,38,42,44). The molecule has 234 valence electrons. The Kier molecular flexibility index (Phi) is 8.23. The van der Waals surface area contributed by atoms with Crippen LogP contribution >= 0.6 is 0 Å². The molecule has 0 radical (unpaired) electrons. The van der Waals surface area contributed by atoms with Gasteiger partial charge in [-0.25, -0.2) is 0 Å². The molecule has 1 unspecified atom stereocenters. The van der Waals surface area contributed by atoms with Crippen LogP contribution in [-0.2, 0) is 22.3 Å². The summed E-state index contributed by atoms with van der Waals surface area (Å²) in [5.74, 6) is -1.25. The van der Waals surface area contributed by atoms with Gasteiger partial charge in [-0.05, 0) is 49.1 Å². The predicted octanol–water partition coefficient (Wildman–Crippen LogP) is 4.46. The number of aromatic nitrogens is 4. The van der Waals surface area contributed by atoms with E-state index in [0.717, 1.165) is 60.9 Å². The lowest BCUT2D eigenvalue weighted by molar-refractivity contribution is -0.141.